The normalized spacial score (nSPS) is 9.96. The zero-order valence-electron chi connectivity index (χ0n) is 14.6. The topological polar surface area (TPSA) is 121 Å². The van der Waals surface area contributed by atoms with Crippen molar-refractivity contribution in [3.8, 4) is 6.07 Å². The number of carbonyl (C=O) groups excluding carboxylic acids is 1. The summed E-state index contributed by atoms with van der Waals surface area (Å²) in [7, 11) is 0. The highest BCUT2D eigenvalue weighted by Gasteiger charge is 2.11. The van der Waals surface area contributed by atoms with Gasteiger partial charge in [-0.25, -0.2) is 0 Å². The Bertz CT molecular complexity index is 1060. The molecule has 138 valence electrons. The van der Waals surface area contributed by atoms with Crippen LogP contribution in [0.3, 0.4) is 0 Å². The van der Waals surface area contributed by atoms with Crippen LogP contribution in [0.5, 0.6) is 0 Å². The zero-order valence-corrected chi connectivity index (χ0v) is 14.6. The molecule has 3 aromatic rings. The summed E-state index contributed by atoms with van der Waals surface area (Å²) in [6.45, 7) is 0.380. The maximum absolute atomic E-state index is 12.2. The number of benzene rings is 2. The Labute approximate surface area is 160 Å². The number of nitro benzene ring substituents is 1. The number of aromatic nitrogens is 1. The van der Waals surface area contributed by atoms with Gasteiger partial charge in [0.15, 0.2) is 0 Å². The van der Waals surface area contributed by atoms with Gasteiger partial charge in [-0.05, 0) is 35.9 Å². The van der Waals surface area contributed by atoms with E-state index in [0.29, 0.717) is 23.5 Å². The Hall–Kier alpha value is -4.25. The van der Waals surface area contributed by atoms with E-state index in [1.807, 2.05) is 18.2 Å². The molecule has 2 N–H and O–H groups in total. The molecule has 0 fully saturated rings. The molecular formula is C20H15N5O3. The molecule has 8 heteroatoms. The van der Waals surface area contributed by atoms with Crippen LogP contribution in [0.2, 0.25) is 0 Å². The first-order valence-electron chi connectivity index (χ1n) is 8.29. The molecule has 0 saturated carbocycles. The van der Waals surface area contributed by atoms with Gasteiger partial charge < -0.3 is 10.6 Å². The average Bonchev–Trinajstić information content (AvgIpc) is 2.73. The van der Waals surface area contributed by atoms with E-state index in [-0.39, 0.29) is 17.2 Å². The zero-order chi connectivity index (χ0) is 19.9. The van der Waals surface area contributed by atoms with Crippen LogP contribution < -0.4 is 10.6 Å². The first-order valence-corrected chi connectivity index (χ1v) is 8.29. The summed E-state index contributed by atoms with van der Waals surface area (Å²) in [6.07, 6.45) is 3.10. The third kappa shape index (κ3) is 4.47. The largest absolute Gasteiger partial charge is 0.380 e. The molecule has 1 heterocycles. The number of hydrogen-bond donors (Lipinski definition) is 2. The Balaban J connectivity index is 1.69. The minimum Gasteiger partial charge on any atom is -0.380 e. The van der Waals surface area contributed by atoms with Crippen LogP contribution in [0.25, 0.3) is 0 Å². The fourth-order valence-corrected chi connectivity index (χ4v) is 2.56. The molecule has 0 aliphatic carbocycles. The van der Waals surface area contributed by atoms with Gasteiger partial charge in [0.2, 0.25) is 0 Å². The number of nitriles is 1. The number of carbonyl (C=O) groups is 1. The van der Waals surface area contributed by atoms with E-state index < -0.39 is 4.92 Å². The number of rotatable bonds is 6. The van der Waals surface area contributed by atoms with Crippen LogP contribution in [0.4, 0.5) is 17.1 Å². The van der Waals surface area contributed by atoms with Crippen molar-refractivity contribution in [1.29, 1.82) is 5.26 Å². The molecule has 28 heavy (non-hydrogen) atoms. The molecule has 0 saturated heterocycles. The van der Waals surface area contributed by atoms with Crippen molar-refractivity contribution >= 4 is 23.0 Å². The van der Waals surface area contributed by atoms with Crippen LogP contribution >= 0.6 is 0 Å². The Kier molecular flexibility index (Phi) is 5.58. The van der Waals surface area contributed by atoms with Gasteiger partial charge in [0.1, 0.15) is 6.07 Å². The predicted molar refractivity (Wildman–Crippen MR) is 104 cm³/mol. The molecular weight excluding hydrogens is 358 g/mol. The van der Waals surface area contributed by atoms with Crippen LogP contribution in [-0.2, 0) is 6.54 Å². The molecule has 8 nitrogen and oxygen atoms in total. The van der Waals surface area contributed by atoms with Gasteiger partial charge in [0.05, 0.1) is 16.2 Å². The van der Waals surface area contributed by atoms with Crippen molar-refractivity contribution in [2.45, 2.75) is 6.54 Å². The minimum absolute atomic E-state index is 0.136. The van der Waals surface area contributed by atoms with Gasteiger partial charge in [-0.2, -0.15) is 5.26 Å². The Morgan fingerprint density at radius 1 is 1.14 bits per heavy atom. The second-order valence-electron chi connectivity index (χ2n) is 5.84. The fourth-order valence-electron chi connectivity index (χ4n) is 2.56. The van der Waals surface area contributed by atoms with Crippen LogP contribution in [0.15, 0.2) is 67.0 Å². The summed E-state index contributed by atoms with van der Waals surface area (Å²) < 4.78 is 0. The molecule has 2 aromatic carbocycles. The number of anilines is 2. The van der Waals surface area contributed by atoms with Gasteiger partial charge in [-0.15, -0.1) is 0 Å². The lowest BCUT2D eigenvalue weighted by molar-refractivity contribution is -0.384. The Morgan fingerprint density at radius 2 is 1.93 bits per heavy atom. The monoisotopic (exact) mass is 373 g/mol. The smallest absolute Gasteiger partial charge is 0.270 e. The number of non-ortho nitro benzene ring substituents is 1. The highest BCUT2D eigenvalue weighted by molar-refractivity contribution is 6.04. The number of nitrogens with one attached hydrogen (secondary N) is 2. The van der Waals surface area contributed by atoms with E-state index in [4.69, 9.17) is 0 Å². The van der Waals surface area contributed by atoms with Crippen molar-refractivity contribution < 1.29 is 9.72 Å². The number of nitrogens with zero attached hydrogens (tertiary/aromatic N) is 3. The van der Waals surface area contributed by atoms with Gasteiger partial charge in [-0.3, -0.25) is 19.9 Å². The van der Waals surface area contributed by atoms with E-state index in [1.54, 1.807) is 36.7 Å². The van der Waals surface area contributed by atoms with Crippen molar-refractivity contribution in [3.63, 3.8) is 0 Å². The molecule has 1 aromatic heterocycles. The van der Waals surface area contributed by atoms with Crippen molar-refractivity contribution in [2.24, 2.45) is 0 Å². The molecule has 0 radical (unpaired) electrons. The van der Waals surface area contributed by atoms with E-state index >= 15 is 0 Å². The maximum Gasteiger partial charge on any atom is 0.270 e. The molecule has 0 spiro atoms. The number of hydrogen-bond acceptors (Lipinski definition) is 6. The van der Waals surface area contributed by atoms with E-state index in [0.717, 1.165) is 5.56 Å². The highest BCUT2D eigenvalue weighted by Crippen LogP contribution is 2.22. The number of pyridine rings is 1. The molecule has 3 rings (SSSR count). The molecule has 0 atom stereocenters. The second-order valence-corrected chi connectivity index (χ2v) is 5.84. The summed E-state index contributed by atoms with van der Waals surface area (Å²) in [6, 6.07) is 16.5. The predicted octanol–water partition coefficient (Wildman–Crippen LogP) is 3.73. The standard InChI is InChI=1S/C20H15N5O3/c21-12-16-11-18(25(27)28)4-5-19(16)23-13-14-2-1-3-17(10-14)24-20(26)15-6-8-22-9-7-15/h1-11,23H,13H2,(H,24,26). The second kappa shape index (κ2) is 8.42. The number of nitro groups is 1. The quantitative estimate of drug-likeness (QED) is 0.502. The van der Waals surface area contributed by atoms with Gasteiger partial charge in [-0.1, -0.05) is 12.1 Å². The molecule has 1 amide bonds. The summed E-state index contributed by atoms with van der Waals surface area (Å²) >= 11 is 0. The van der Waals surface area contributed by atoms with E-state index in [9.17, 15) is 20.2 Å². The van der Waals surface area contributed by atoms with Crippen molar-refractivity contribution in [3.05, 3.63) is 93.8 Å². The third-order valence-electron chi connectivity index (χ3n) is 3.94. The molecule has 0 aliphatic heterocycles. The Morgan fingerprint density at radius 3 is 2.64 bits per heavy atom. The first-order chi connectivity index (χ1) is 13.6. The highest BCUT2D eigenvalue weighted by atomic mass is 16.6. The van der Waals surface area contributed by atoms with E-state index in [1.165, 1.54) is 18.2 Å². The summed E-state index contributed by atoms with van der Waals surface area (Å²) in [4.78, 5) is 26.4. The third-order valence-corrected chi connectivity index (χ3v) is 3.94. The average molecular weight is 373 g/mol. The fraction of sp³-hybridized carbons (Fsp3) is 0.0500. The molecule has 0 unspecified atom stereocenters. The van der Waals surface area contributed by atoms with E-state index in [2.05, 4.69) is 15.6 Å². The van der Waals surface area contributed by atoms with Gasteiger partial charge >= 0.3 is 0 Å². The van der Waals surface area contributed by atoms with Crippen molar-refractivity contribution in [2.75, 3.05) is 10.6 Å². The van der Waals surface area contributed by atoms with Gasteiger partial charge in [0, 0.05) is 42.3 Å². The molecule has 0 aliphatic rings. The van der Waals surface area contributed by atoms with Crippen LogP contribution in [0.1, 0.15) is 21.5 Å². The first kappa shape index (κ1) is 18.5. The lowest BCUT2D eigenvalue weighted by atomic mass is 10.1. The molecule has 0 bridgehead atoms. The summed E-state index contributed by atoms with van der Waals surface area (Å²) in [5.41, 5.74) is 2.56. The van der Waals surface area contributed by atoms with Crippen LogP contribution in [0, 0.1) is 21.4 Å². The maximum atomic E-state index is 12.2. The lowest BCUT2D eigenvalue weighted by Crippen LogP contribution is -2.12. The number of amides is 1. The van der Waals surface area contributed by atoms with Crippen LogP contribution in [-0.4, -0.2) is 15.8 Å². The van der Waals surface area contributed by atoms with Crippen molar-refractivity contribution in [1.82, 2.24) is 4.98 Å². The summed E-state index contributed by atoms with van der Waals surface area (Å²) in [5.74, 6) is -0.241. The van der Waals surface area contributed by atoms with Gasteiger partial charge in [0.25, 0.3) is 11.6 Å². The minimum atomic E-state index is -0.542. The SMILES string of the molecule is N#Cc1cc([N+](=O)[O-])ccc1NCc1cccc(NC(=O)c2ccncc2)c1. The summed E-state index contributed by atoms with van der Waals surface area (Å²) in [5, 5.41) is 25.9. The lowest BCUT2D eigenvalue weighted by Gasteiger charge is -2.10.